The van der Waals surface area contributed by atoms with Crippen LogP contribution in [0.5, 0.6) is 0 Å². The minimum Gasteiger partial charge on any atom is -0.380 e. The van der Waals surface area contributed by atoms with E-state index in [1.54, 1.807) is 13.2 Å². The number of hydrogen-bond donors (Lipinski definition) is 1. The lowest BCUT2D eigenvalue weighted by Crippen LogP contribution is -2.12. The first-order chi connectivity index (χ1) is 12.1. The summed E-state index contributed by atoms with van der Waals surface area (Å²) < 4.78 is 5.10. The van der Waals surface area contributed by atoms with Crippen LogP contribution in [0, 0.1) is 13.8 Å². The van der Waals surface area contributed by atoms with E-state index in [9.17, 15) is 4.79 Å². The third-order valence-corrected chi connectivity index (χ3v) is 4.63. The number of aryl methyl sites for hydroxylation is 2. The SMILES string of the molecule is COCc1cccc(C(=O)Nc2nnc(-c3ccc(C)cc3C)s2)c1. The van der Waals surface area contributed by atoms with Crippen LogP contribution in [0.2, 0.25) is 0 Å². The normalized spacial score (nSPS) is 10.7. The van der Waals surface area contributed by atoms with Gasteiger partial charge in [-0.2, -0.15) is 0 Å². The number of carbonyl (C=O) groups is 1. The Morgan fingerprint density at radius 2 is 2.00 bits per heavy atom. The van der Waals surface area contributed by atoms with Gasteiger partial charge in [-0.15, -0.1) is 10.2 Å². The third-order valence-electron chi connectivity index (χ3n) is 3.76. The Kier molecular flexibility index (Phi) is 5.21. The zero-order chi connectivity index (χ0) is 17.8. The van der Waals surface area contributed by atoms with Crippen LogP contribution in [0.3, 0.4) is 0 Å². The van der Waals surface area contributed by atoms with Gasteiger partial charge in [0.2, 0.25) is 5.13 Å². The van der Waals surface area contributed by atoms with Crippen molar-refractivity contribution in [2.75, 3.05) is 12.4 Å². The molecule has 3 aromatic rings. The highest BCUT2D eigenvalue weighted by Gasteiger charge is 2.13. The molecule has 0 atom stereocenters. The third kappa shape index (κ3) is 4.10. The van der Waals surface area contributed by atoms with Crippen LogP contribution in [0.4, 0.5) is 5.13 Å². The van der Waals surface area contributed by atoms with Crippen molar-refractivity contribution in [3.05, 3.63) is 64.7 Å². The highest BCUT2D eigenvalue weighted by molar-refractivity contribution is 7.18. The monoisotopic (exact) mass is 353 g/mol. The summed E-state index contributed by atoms with van der Waals surface area (Å²) in [6, 6.07) is 13.5. The van der Waals surface area contributed by atoms with E-state index in [-0.39, 0.29) is 5.91 Å². The molecule has 25 heavy (non-hydrogen) atoms. The van der Waals surface area contributed by atoms with Crippen LogP contribution >= 0.6 is 11.3 Å². The first kappa shape index (κ1) is 17.3. The number of nitrogens with one attached hydrogen (secondary N) is 1. The highest BCUT2D eigenvalue weighted by Crippen LogP contribution is 2.29. The average Bonchev–Trinajstić information content (AvgIpc) is 3.03. The quantitative estimate of drug-likeness (QED) is 0.746. The van der Waals surface area contributed by atoms with Crippen LogP contribution in [0.1, 0.15) is 27.0 Å². The molecule has 0 spiro atoms. The van der Waals surface area contributed by atoms with Crippen molar-refractivity contribution >= 4 is 22.4 Å². The lowest BCUT2D eigenvalue weighted by Gasteiger charge is -2.04. The van der Waals surface area contributed by atoms with Crippen LogP contribution < -0.4 is 5.32 Å². The molecule has 0 unspecified atom stereocenters. The Morgan fingerprint density at radius 3 is 2.76 bits per heavy atom. The van der Waals surface area contributed by atoms with Crippen molar-refractivity contribution in [2.45, 2.75) is 20.5 Å². The Labute approximate surface area is 150 Å². The molecule has 6 heteroatoms. The number of aromatic nitrogens is 2. The van der Waals surface area contributed by atoms with Crippen molar-refractivity contribution in [2.24, 2.45) is 0 Å². The van der Waals surface area contributed by atoms with Gasteiger partial charge in [-0.05, 0) is 37.1 Å². The Balaban J connectivity index is 1.77. The molecule has 3 rings (SSSR count). The second-order valence-electron chi connectivity index (χ2n) is 5.82. The summed E-state index contributed by atoms with van der Waals surface area (Å²) in [5, 5.41) is 12.4. The number of benzene rings is 2. The maximum Gasteiger partial charge on any atom is 0.257 e. The summed E-state index contributed by atoms with van der Waals surface area (Å²) in [4.78, 5) is 12.4. The molecule has 1 N–H and O–H groups in total. The fourth-order valence-electron chi connectivity index (χ4n) is 2.57. The van der Waals surface area contributed by atoms with Gasteiger partial charge in [-0.1, -0.05) is 47.2 Å². The minimum atomic E-state index is -0.207. The summed E-state index contributed by atoms with van der Waals surface area (Å²) in [6.07, 6.45) is 0. The van der Waals surface area contributed by atoms with Gasteiger partial charge in [0.25, 0.3) is 5.91 Å². The fourth-order valence-corrected chi connectivity index (χ4v) is 3.40. The largest absolute Gasteiger partial charge is 0.380 e. The second-order valence-corrected chi connectivity index (χ2v) is 6.80. The molecule has 2 aromatic carbocycles. The summed E-state index contributed by atoms with van der Waals surface area (Å²) in [5.74, 6) is -0.207. The van der Waals surface area contributed by atoms with Gasteiger partial charge < -0.3 is 4.74 Å². The van der Waals surface area contributed by atoms with E-state index in [0.717, 1.165) is 21.7 Å². The molecule has 0 aliphatic rings. The number of methoxy groups -OCH3 is 1. The van der Waals surface area contributed by atoms with E-state index in [1.165, 1.54) is 16.9 Å². The van der Waals surface area contributed by atoms with Gasteiger partial charge in [-0.25, -0.2) is 0 Å². The van der Waals surface area contributed by atoms with Crippen molar-refractivity contribution in [1.29, 1.82) is 0 Å². The van der Waals surface area contributed by atoms with Gasteiger partial charge in [0.1, 0.15) is 5.01 Å². The first-order valence-corrected chi connectivity index (χ1v) is 8.69. The Bertz CT molecular complexity index is 905. The number of nitrogens with zero attached hydrogens (tertiary/aromatic N) is 2. The molecule has 0 saturated heterocycles. The zero-order valence-corrected chi connectivity index (χ0v) is 15.2. The second kappa shape index (κ2) is 7.55. The summed E-state index contributed by atoms with van der Waals surface area (Å²) in [5.41, 5.74) is 4.89. The van der Waals surface area contributed by atoms with E-state index in [2.05, 4.69) is 28.5 Å². The number of amides is 1. The number of hydrogen-bond acceptors (Lipinski definition) is 5. The van der Waals surface area contributed by atoms with E-state index in [4.69, 9.17) is 4.74 Å². The summed E-state index contributed by atoms with van der Waals surface area (Å²) in [7, 11) is 1.63. The maximum atomic E-state index is 12.4. The standard InChI is InChI=1S/C19H19N3O2S/c1-12-7-8-16(13(2)9-12)18-21-22-19(25-18)20-17(23)15-6-4-5-14(10-15)11-24-3/h4-10H,11H2,1-3H3,(H,20,22,23). The maximum absolute atomic E-state index is 12.4. The lowest BCUT2D eigenvalue weighted by molar-refractivity contribution is 0.102. The van der Waals surface area contributed by atoms with Gasteiger partial charge in [0.05, 0.1) is 6.61 Å². The highest BCUT2D eigenvalue weighted by atomic mass is 32.1. The lowest BCUT2D eigenvalue weighted by atomic mass is 10.1. The number of rotatable bonds is 5. The van der Waals surface area contributed by atoms with E-state index < -0.39 is 0 Å². The zero-order valence-electron chi connectivity index (χ0n) is 14.4. The van der Waals surface area contributed by atoms with Crippen LogP contribution in [0.15, 0.2) is 42.5 Å². The molecule has 0 aliphatic carbocycles. The molecule has 1 heterocycles. The molecule has 0 fully saturated rings. The predicted molar refractivity (Wildman–Crippen MR) is 99.9 cm³/mol. The molecule has 1 amide bonds. The van der Waals surface area contributed by atoms with Gasteiger partial charge >= 0.3 is 0 Å². The molecular weight excluding hydrogens is 334 g/mol. The topological polar surface area (TPSA) is 64.1 Å². The van der Waals surface area contributed by atoms with E-state index in [1.807, 2.05) is 37.3 Å². The van der Waals surface area contributed by atoms with Crippen molar-refractivity contribution in [1.82, 2.24) is 10.2 Å². The van der Waals surface area contributed by atoms with Crippen molar-refractivity contribution in [3.63, 3.8) is 0 Å². The van der Waals surface area contributed by atoms with E-state index >= 15 is 0 Å². The Hall–Kier alpha value is -2.57. The first-order valence-electron chi connectivity index (χ1n) is 7.87. The molecular formula is C19H19N3O2S. The molecule has 0 aliphatic heterocycles. The summed E-state index contributed by atoms with van der Waals surface area (Å²) in [6.45, 7) is 4.57. The molecule has 1 aromatic heterocycles. The van der Waals surface area contributed by atoms with Crippen LogP contribution in [-0.2, 0) is 11.3 Å². The van der Waals surface area contributed by atoms with Gasteiger partial charge in [-0.3, -0.25) is 10.1 Å². The Morgan fingerprint density at radius 1 is 1.16 bits per heavy atom. The minimum absolute atomic E-state index is 0.207. The average molecular weight is 353 g/mol. The molecule has 0 saturated carbocycles. The molecule has 5 nitrogen and oxygen atoms in total. The van der Waals surface area contributed by atoms with Crippen molar-refractivity contribution in [3.8, 4) is 10.6 Å². The van der Waals surface area contributed by atoms with Crippen LogP contribution in [0.25, 0.3) is 10.6 Å². The van der Waals surface area contributed by atoms with Crippen molar-refractivity contribution < 1.29 is 9.53 Å². The smallest absolute Gasteiger partial charge is 0.257 e. The fraction of sp³-hybridized carbons (Fsp3) is 0.211. The molecule has 0 bridgehead atoms. The van der Waals surface area contributed by atoms with Crippen LogP contribution in [-0.4, -0.2) is 23.2 Å². The number of carbonyl (C=O) groups excluding carboxylic acids is 1. The van der Waals surface area contributed by atoms with E-state index in [0.29, 0.717) is 17.3 Å². The van der Waals surface area contributed by atoms with Gasteiger partial charge in [0.15, 0.2) is 0 Å². The molecule has 128 valence electrons. The number of ether oxygens (including phenoxy) is 1. The van der Waals surface area contributed by atoms with Gasteiger partial charge in [0, 0.05) is 18.2 Å². The summed E-state index contributed by atoms with van der Waals surface area (Å²) >= 11 is 1.36. The number of anilines is 1. The predicted octanol–water partition coefficient (Wildman–Crippen LogP) is 4.22. The molecule has 0 radical (unpaired) electrons.